The van der Waals surface area contributed by atoms with Gasteiger partial charge in [-0.05, 0) is 61.4 Å². The highest BCUT2D eigenvalue weighted by atomic mass is 16.2. The predicted octanol–water partition coefficient (Wildman–Crippen LogP) is 4.30. The molecule has 1 heterocycles. The first-order chi connectivity index (χ1) is 12.7. The van der Waals surface area contributed by atoms with E-state index in [-0.39, 0.29) is 5.91 Å². The maximum atomic E-state index is 12.9. The monoisotopic (exact) mass is 348 g/mol. The van der Waals surface area contributed by atoms with Crippen molar-refractivity contribution in [3.05, 3.63) is 71.3 Å². The Hall–Kier alpha value is -2.13. The summed E-state index contributed by atoms with van der Waals surface area (Å²) >= 11 is 0. The van der Waals surface area contributed by atoms with Crippen molar-refractivity contribution in [3.63, 3.8) is 0 Å². The molecule has 0 bridgehead atoms. The Morgan fingerprint density at radius 2 is 1.77 bits per heavy atom. The van der Waals surface area contributed by atoms with E-state index in [2.05, 4.69) is 47.4 Å². The molecule has 0 spiro atoms. The average Bonchev–Trinajstić information content (AvgIpc) is 3.53. The number of rotatable bonds is 5. The lowest BCUT2D eigenvalue weighted by molar-refractivity contribution is 0.0609. The standard InChI is InChI=1S/C23H28N2O/c1-24(23(26)21-13-11-20(12-14-21)19-9-10-19)22-8-5-15-25(17-22)16-18-6-3-2-4-7-18/h2-4,6-7,11-14,19,22H,5,8-10,15-17H2,1H3. The molecule has 2 aromatic carbocycles. The van der Waals surface area contributed by atoms with E-state index in [1.54, 1.807) is 0 Å². The summed E-state index contributed by atoms with van der Waals surface area (Å²) in [7, 11) is 1.97. The molecule has 2 aliphatic rings. The lowest BCUT2D eigenvalue weighted by atomic mass is 10.0. The van der Waals surface area contributed by atoms with E-state index >= 15 is 0 Å². The third-order valence-electron chi connectivity index (χ3n) is 5.80. The Kier molecular flexibility index (Phi) is 5.07. The van der Waals surface area contributed by atoms with Gasteiger partial charge in [-0.3, -0.25) is 9.69 Å². The lowest BCUT2D eigenvalue weighted by Crippen LogP contribution is -2.48. The van der Waals surface area contributed by atoms with Gasteiger partial charge in [-0.2, -0.15) is 0 Å². The summed E-state index contributed by atoms with van der Waals surface area (Å²) in [6.45, 7) is 3.04. The molecule has 1 aliphatic heterocycles. The van der Waals surface area contributed by atoms with Crippen LogP contribution in [-0.4, -0.2) is 41.9 Å². The van der Waals surface area contributed by atoms with Crippen molar-refractivity contribution in [2.45, 2.75) is 44.2 Å². The molecule has 0 radical (unpaired) electrons. The summed E-state index contributed by atoms with van der Waals surface area (Å²) < 4.78 is 0. The van der Waals surface area contributed by atoms with Crippen molar-refractivity contribution in [2.75, 3.05) is 20.1 Å². The summed E-state index contributed by atoms with van der Waals surface area (Å²) in [6, 6.07) is 19.2. The zero-order chi connectivity index (χ0) is 17.9. The molecule has 136 valence electrons. The molecule has 1 saturated heterocycles. The molecule has 1 aliphatic carbocycles. The van der Waals surface area contributed by atoms with Crippen LogP contribution in [0.5, 0.6) is 0 Å². The van der Waals surface area contributed by atoms with Crippen molar-refractivity contribution in [2.24, 2.45) is 0 Å². The van der Waals surface area contributed by atoms with Crippen molar-refractivity contribution >= 4 is 5.91 Å². The zero-order valence-corrected chi connectivity index (χ0v) is 15.6. The Balaban J connectivity index is 1.38. The number of likely N-dealkylation sites (tertiary alicyclic amines) is 1. The minimum absolute atomic E-state index is 0.152. The normalized spacial score (nSPS) is 20.7. The molecule has 3 nitrogen and oxygen atoms in total. The first-order valence-electron chi connectivity index (χ1n) is 9.84. The number of hydrogen-bond acceptors (Lipinski definition) is 2. The van der Waals surface area contributed by atoms with Gasteiger partial charge in [-0.1, -0.05) is 42.5 Å². The lowest BCUT2D eigenvalue weighted by Gasteiger charge is -2.37. The van der Waals surface area contributed by atoms with E-state index in [0.717, 1.165) is 44.0 Å². The van der Waals surface area contributed by atoms with E-state index in [1.165, 1.54) is 24.0 Å². The second-order valence-electron chi connectivity index (χ2n) is 7.83. The van der Waals surface area contributed by atoms with Crippen LogP contribution in [-0.2, 0) is 6.54 Å². The molecule has 0 N–H and O–H groups in total. The molecule has 1 amide bonds. The average molecular weight is 348 g/mol. The molecular formula is C23H28N2O. The number of carbonyl (C=O) groups is 1. The number of amides is 1. The topological polar surface area (TPSA) is 23.6 Å². The quantitative estimate of drug-likeness (QED) is 0.804. The van der Waals surface area contributed by atoms with Gasteiger partial charge in [0.15, 0.2) is 0 Å². The molecule has 1 unspecified atom stereocenters. The van der Waals surface area contributed by atoms with Crippen LogP contribution in [0.15, 0.2) is 54.6 Å². The molecule has 2 aromatic rings. The minimum Gasteiger partial charge on any atom is -0.337 e. The van der Waals surface area contributed by atoms with Crippen LogP contribution >= 0.6 is 0 Å². The number of hydrogen-bond donors (Lipinski definition) is 0. The number of carbonyl (C=O) groups excluding carboxylic acids is 1. The fourth-order valence-corrected chi connectivity index (χ4v) is 4.02. The van der Waals surface area contributed by atoms with Crippen molar-refractivity contribution in [1.29, 1.82) is 0 Å². The molecule has 4 rings (SSSR count). The van der Waals surface area contributed by atoms with Crippen molar-refractivity contribution in [1.82, 2.24) is 9.80 Å². The molecule has 26 heavy (non-hydrogen) atoms. The van der Waals surface area contributed by atoms with Crippen LogP contribution in [0, 0.1) is 0 Å². The Morgan fingerprint density at radius 1 is 1.04 bits per heavy atom. The maximum Gasteiger partial charge on any atom is 0.253 e. The molecule has 1 atom stereocenters. The molecule has 1 saturated carbocycles. The SMILES string of the molecule is CN(C(=O)c1ccc(C2CC2)cc1)C1CCCN(Cc2ccccc2)C1. The molecule has 0 aromatic heterocycles. The van der Waals surface area contributed by atoms with Gasteiger partial charge in [-0.15, -0.1) is 0 Å². The Morgan fingerprint density at radius 3 is 2.46 bits per heavy atom. The second kappa shape index (κ2) is 7.63. The van der Waals surface area contributed by atoms with Gasteiger partial charge in [0.1, 0.15) is 0 Å². The first-order valence-corrected chi connectivity index (χ1v) is 9.84. The third-order valence-corrected chi connectivity index (χ3v) is 5.80. The number of benzene rings is 2. The summed E-state index contributed by atoms with van der Waals surface area (Å²) in [5, 5.41) is 0. The Labute approximate surface area is 156 Å². The number of nitrogens with zero attached hydrogens (tertiary/aromatic N) is 2. The number of piperidine rings is 1. The largest absolute Gasteiger partial charge is 0.337 e. The molecule has 3 heteroatoms. The van der Waals surface area contributed by atoms with E-state index in [1.807, 2.05) is 24.1 Å². The minimum atomic E-state index is 0.152. The summed E-state index contributed by atoms with van der Waals surface area (Å²) in [5.41, 5.74) is 3.55. The fourth-order valence-electron chi connectivity index (χ4n) is 4.02. The molecule has 2 fully saturated rings. The summed E-state index contributed by atoms with van der Waals surface area (Å²) in [5.74, 6) is 0.890. The predicted molar refractivity (Wildman–Crippen MR) is 105 cm³/mol. The van der Waals surface area contributed by atoms with Crippen molar-refractivity contribution in [3.8, 4) is 0 Å². The zero-order valence-electron chi connectivity index (χ0n) is 15.6. The van der Waals surface area contributed by atoms with Gasteiger partial charge in [0.05, 0.1) is 0 Å². The van der Waals surface area contributed by atoms with E-state index < -0.39 is 0 Å². The summed E-state index contributed by atoms with van der Waals surface area (Å²) in [6.07, 6.45) is 4.84. The van der Waals surface area contributed by atoms with Crippen LogP contribution in [0.1, 0.15) is 53.1 Å². The maximum absolute atomic E-state index is 12.9. The highest BCUT2D eigenvalue weighted by Gasteiger charge is 2.27. The van der Waals surface area contributed by atoms with E-state index in [9.17, 15) is 4.79 Å². The second-order valence-corrected chi connectivity index (χ2v) is 7.83. The van der Waals surface area contributed by atoms with Gasteiger partial charge in [0, 0.05) is 31.7 Å². The number of likely N-dealkylation sites (N-methyl/N-ethyl adjacent to an activating group) is 1. The van der Waals surface area contributed by atoms with Gasteiger partial charge >= 0.3 is 0 Å². The van der Waals surface area contributed by atoms with Crippen LogP contribution in [0.25, 0.3) is 0 Å². The van der Waals surface area contributed by atoms with Crippen LogP contribution < -0.4 is 0 Å². The van der Waals surface area contributed by atoms with E-state index in [4.69, 9.17) is 0 Å². The summed E-state index contributed by atoms with van der Waals surface area (Å²) in [4.78, 5) is 17.4. The third kappa shape index (κ3) is 3.99. The van der Waals surface area contributed by atoms with Crippen LogP contribution in [0.4, 0.5) is 0 Å². The smallest absolute Gasteiger partial charge is 0.253 e. The highest BCUT2D eigenvalue weighted by Crippen LogP contribution is 2.39. The van der Waals surface area contributed by atoms with Crippen LogP contribution in [0.3, 0.4) is 0 Å². The van der Waals surface area contributed by atoms with Crippen molar-refractivity contribution < 1.29 is 4.79 Å². The fraction of sp³-hybridized carbons (Fsp3) is 0.435. The van der Waals surface area contributed by atoms with Gasteiger partial charge in [-0.25, -0.2) is 0 Å². The van der Waals surface area contributed by atoms with E-state index in [0.29, 0.717) is 6.04 Å². The van der Waals surface area contributed by atoms with Gasteiger partial charge in [0.2, 0.25) is 0 Å². The van der Waals surface area contributed by atoms with Gasteiger partial charge in [0.25, 0.3) is 5.91 Å². The first kappa shape index (κ1) is 17.3. The Bertz CT molecular complexity index is 737. The molecular weight excluding hydrogens is 320 g/mol. The van der Waals surface area contributed by atoms with Gasteiger partial charge < -0.3 is 4.90 Å². The highest BCUT2D eigenvalue weighted by molar-refractivity contribution is 5.94. The van der Waals surface area contributed by atoms with Crippen LogP contribution in [0.2, 0.25) is 0 Å².